The minimum absolute atomic E-state index is 0.236. The van der Waals surface area contributed by atoms with Gasteiger partial charge in [0.1, 0.15) is 10.7 Å². The van der Waals surface area contributed by atoms with Gasteiger partial charge in [0.15, 0.2) is 5.13 Å². The first-order valence-electron chi connectivity index (χ1n) is 10.0. The third kappa shape index (κ3) is 4.13. The number of fused-ring (bicyclic) bond motifs is 1. The van der Waals surface area contributed by atoms with Crippen LogP contribution in [-0.2, 0) is 16.4 Å². The monoisotopic (exact) mass is 438 g/mol. The van der Waals surface area contributed by atoms with Gasteiger partial charge >= 0.3 is 0 Å². The van der Waals surface area contributed by atoms with Crippen LogP contribution in [-0.4, -0.2) is 51.0 Å². The summed E-state index contributed by atoms with van der Waals surface area (Å²) < 4.78 is 42.9. The lowest BCUT2D eigenvalue weighted by Crippen LogP contribution is -2.53. The number of anilines is 2. The Morgan fingerprint density at radius 3 is 2.76 bits per heavy atom. The Balaban J connectivity index is 1.68. The van der Waals surface area contributed by atoms with Crippen molar-refractivity contribution >= 4 is 32.2 Å². The van der Waals surface area contributed by atoms with Crippen molar-refractivity contribution in [3.8, 4) is 0 Å². The Morgan fingerprint density at radius 2 is 2.03 bits per heavy atom. The van der Waals surface area contributed by atoms with Crippen LogP contribution >= 0.6 is 11.3 Å². The molecule has 9 heteroatoms. The Morgan fingerprint density at radius 1 is 1.24 bits per heavy atom. The molecule has 1 aliphatic carbocycles. The number of nitrogens with zero attached hydrogens (tertiary/aromatic N) is 3. The molecule has 6 nitrogen and oxygen atoms in total. The molecule has 0 saturated heterocycles. The van der Waals surface area contributed by atoms with Crippen molar-refractivity contribution in [3.63, 3.8) is 0 Å². The van der Waals surface area contributed by atoms with Crippen LogP contribution in [0.4, 0.5) is 15.2 Å². The van der Waals surface area contributed by atoms with Crippen molar-refractivity contribution < 1.29 is 12.8 Å². The van der Waals surface area contributed by atoms with Gasteiger partial charge in [0.05, 0.1) is 0 Å². The number of halogens is 1. The predicted molar refractivity (Wildman–Crippen MR) is 115 cm³/mol. The average Bonchev–Trinajstić information content (AvgIpc) is 3.19. The fourth-order valence-corrected chi connectivity index (χ4v) is 6.56. The first-order chi connectivity index (χ1) is 13.9. The lowest BCUT2D eigenvalue weighted by Gasteiger charge is -2.46. The largest absolute Gasteiger partial charge is 0.367 e. The van der Waals surface area contributed by atoms with E-state index in [2.05, 4.69) is 33.6 Å². The molecule has 0 bridgehead atoms. The van der Waals surface area contributed by atoms with Gasteiger partial charge in [-0.15, -0.1) is 11.3 Å². The van der Waals surface area contributed by atoms with Gasteiger partial charge in [-0.3, -0.25) is 4.72 Å². The summed E-state index contributed by atoms with van der Waals surface area (Å²) in [5.74, 6) is -0.711. The van der Waals surface area contributed by atoms with Crippen LogP contribution in [0, 0.1) is 5.82 Å². The minimum atomic E-state index is -4.02. The van der Waals surface area contributed by atoms with E-state index >= 15 is 4.39 Å². The molecule has 2 aromatic rings. The van der Waals surface area contributed by atoms with E-state index in [0.29, 0.717) is 12.1 Å². The average molecular weight is 439 g/mol. The molecule has 1 aliphatic heterocycles. The van der Waals surface area contributed by atoms with Crippen molar-refractivity contribution in [2.45, 2.75) is 55.5 Å². The van der Waals surface area contributed by atoms with Crippen molar-refractivity contribution in [1.82, 2.24) is 9.88 Å². The predicted octanol–water partition coefficient (Wildman–Crippen LogP) is 3.71. The molecular formula is C20H27FN4O2S2. The fourth-order valence-electron chi connectivity index (χ4n) is 4.66. The Kier molecular flexibility index (Phi) is 5.81. The lowest BCUT2D eigenvalue weighted by molar-refractivity contribution is 0.193. The van der Waals surface area contributed by atoms with E-state index in [1.54, 1.807) is 5.38 Å². The van der Waals surface area contributed by atoms with E-state index in [9.17, 15) is 8.42 Å². The Hall–Kier alpha value is -1.71. The molecule has 1 aromatic heterocycles. The van der Waals surface area contributed by atoms with Crippen molar-refractivity contribution in [3.05, 3.63) is 35.1 Å². The van der Waals surface area contributed by atoms with Crippen LogP contribution in [0.1, 0.15) is 37.7 Å². The Bertz CT molecular complexity index is 963. The molecule has 29 heavy (non-hydrogen) atoms. The van der Waals surface area contributed by atoms with E-state index in [0.717, 1.165) is 54.8 Å². The molecule has 0 unspecified atom stereocenters. The number of nitrogens with one attached hydrogen (secondary N) is 1. The fraction of sp³-hybridized carbons (Fsp3) is 0.550. The van der Waals surface area contributed by atoms with Crippen LogP contribution in [0.15, 0.2) is 28.6 Å². The van der Waals surface area contributed by atoms with Gasteiger partial charge in [-0.1, -0.05) is 12.8 Å². The summed E-state index contributed by atoms with van der Waals surface area (Å²) in [5.41, 5.74) is 1.75. The molecule has 0 spiro atoms. The third-order valence-corrected chi connectivity index (χ3v) is 8.16. The summed E-state index contributed by atoms with van der Waals surface area (Å²) in [6, 6.07) is 3.69. The Labute approximate surface area is 175 Å². The van der Waals surface area contributed by atoms with E-state index in [1.807, 2.05) is 0 Å². The summed E-state index contributed by atoms with van der Waals surface area (Å²) in [5, 5.41) is 1.91. The minimum Gasteiger partial charge on any atom is -0.367 e. The molecule has 2 atom stereocenters. The van der Waals surface area contributed by atoms with Crippen molar-refractivity contribution in [2.75, 3.05) is 30.3 Å². The normalized spacial score (nSPS) is 22.6. The molecule has 1 N–H and O–H groups in total. The molecule has 1 aromatic carbocycles. The lowest BCUT2D eigenvalue weighted by atomic mass is 9.86. The number of rotatable bonds is 5. The number of hydrogen-bond donors (Lipinski definition) is 1. The molecule has 2 heterocycles. The second kappa shape index (κ2) is 8.20. The maximum Gasteiger partial charge on any atom is 0.266 e. The van der Waals surface area contributed by atoms with Crippen molar-refractivity contribution in [1.29, 1.82) is 0 Å². The van der Waals surface area contributed by atoms with Crippen LogP contribution in [0.25, 0.3) is 0 Å². The van der Waals surface area contributed by atoms with E-state index in [4.69, 9.17) is 0 Å². The zero-order valence-corrected chi connectivity index (χ0v) is 18.4. The molecule has 4 rings (SSSR count). The van der Waals surface area contributed by atoms with E-state index in [1.165, 1.54) is 31.2 Å². The van der Waals surface area contributed by atoms with Crippen LogP contribution in [0.5, 0.6) is 0 Å². The van der Waals surface area contributed by atoms with Gasteiger partial charge in [-0.05, 0) is 57.5 Å². The van der Waals surface area contributed by atoms with Crippen LogP contribution in [0.3, 0.4) is 0 Å². The number of thiazole rings is 1. The van der Waals surface area contributed by atoms with Gasteiger partial charge in [0.25, 0.3) is 10.0 Å². The molecule has 1 saturated carbocycles. The van der Waals surface area contributed by atoms with Crippen molar-refractivity contribution in [2.24, 2.45) is 0 Å². The summed E-state index contributed by atoms with van der Waals surface area (Å²) in [6.07, 6.45) is 7.81. The zero-order valence-electron chi connectivity index (χ0n) is 16.8. The second-order valence-electron chi connectivity index (χ2n) is 8.03. The summed E-state index contributed by atoms with van der Waals surface area (Å²) in [4.78, 5) is 8.22. The number of likely N-dealkylation sites (N-methyl/N-ethyl adjacent to an activating group) is 1. The van der Waals surface area contributed by atoms with Crippen LogP contribution < -0.4 is 9.62 Å². The highest BCUT2D eigenvalue weighted by molar-refractivity contribution is 7.93. The first kappa shape index (κ1) is 20.6. The molecule has 1 fully saturated rings. The summed E-state index contributed by atoms with van der Waals surface area (Å²) in [6.45, 7) is 0.880. The zero-order chi connectivity index (χ0) is 20.6. The quantitative estimate of drug-likeness (QED) is 0.771. The van der Waals surface area contributed by atoms with E-state index in [-0.39, 0.29) is 10.0 Å². The van der Waals surface area contributed by atoms with Gasteiger partial charge in [0, 0.05) is 35.9 Å². The maximum atomic E-state index is 15.0. The van der Waals surface area contributed by atoms with Crippen LogP contribution in [0.2, 0.25) is 0 Å². The summed E-state index contributed by atoms with van der Waals surface area (Å²) >= 11 is 1.16. The van der Waals surface area contributed by atoms with Gasteiger partial charge in [-0.2, -0.15) is 0 Å². The highest BCUT2D eigenvalue weighted by Gasteiger charge is 2.35. The number of aromatic nitrogens is 1. The van der Waals surface area contributed by atoms with E-state index < -0.39 is 15.8 Å². The number of hydrogen-bond acceptors (Lipinski definition) is 6. The standard InChI is InChI=1S/C20H27FN4O2S2/c1-24(2)16-7-3-4-8-17(16)25-10-5-6-14-12-19(15(21)13-18(14)25)29(26,27)23-20-22-9-11-28-20/h9,11-13,16-17H,3-8,10H2,1-2H3,(H,22,23)/t16-,17-/m0/s1. The number of sulfonamides is 1. The number of aryl methyl sites for hydroxylation is 1. The first-order valence-corrected chi connectivity index (χ1v) is 12.4. The van der Waals surface area contributed by atoms with Gasteiger partial charge < -0.3 is 9.80 Å². The van der Waals surface area contributed by atoms with Gasteiger partial charge in [-0.25, -0.2) is 17.8 Å². The highest BCUT2D eigenvalue weighted by atomic mass is 32.2. The van der Waals surface area contributed by atoms with Gasteiger partial charge in [0.2, 0.25) is 0 Å². The summed E-state index contributed by atoms with van der Waals surface area (Å²) in [7, 11) is 0.193. The molecule has 158 valence electrons. The third-order valence-electron chi connectivity index (χ3n) is 5.99. The molecule has 0 radical (unpaired) electrons. The number of benzene rings is 1. The highest BCUT2D eigenvalue weighted by Crippen LogP contribution is 2.37. The molecule has 0 amide bonds. The topological polar surface area (TPSA) is 65.5 Å². The second-order valence-corrected chi connectivity index (χ2v) is 10.6. The maximum absolute atomic E-state index is 15.0. The molecule has 2 aliphatic rings. The molecular weight excluding hydrogens is 411 g/mol. The SMILES string of the molecule is CN(C)[C@H]1CCCC[C@@H]1N1CCCc2cc(S(=O)(=O)Nc3nccs3)c(F)cc21. The smallest absolute Gasteiger partial charge is 0.266 e.